The number of hydrogen-bond acceptors (Lipinski definition) is 3. The maximum Gasteiger partial charge on any atom is 0.258 e. The van der Waals surface area contributed by atoms with E-state index >= 15 is 0 Å². The van der Waals surface area contributed by atoms with Crippen molar-refractivity contribution in [1.82, 2.24) is 4.57 Å². The molecule has 0 N–H and O–H groups in total. The highest BCUT2D eigenvalue weighted by Crippen LogP contribution is 2.19. The molecule has 1 aromatic heterocycles. The van der Waals surface area contributed by atoms with E-state index in [1.54, 1.807) is 10.8 Å². The molecule has 4 nitrogen and oxygen atoms in total. The van der Waals surface area contributed by atoms with Crippen LogP contribution < -0.4 is 5.49 Å². The smallest absolute Gasteiger partial charge is 0.258 e. The molecule has 0 saturated heterocycles. The lowest BCUT2D eigenvalue weighted by Crippen LogP contribution is -2.31. The Hall–Kier alpha value is -2.20. The molecule has 0 unspecified atom stereocenters. The van der Waals surface area contributed by atoms with Crippen LogP contribution in [0, 0.1) is 0 Å². The summed E-state index contributed by atoms with van der Waals surface area (Å²) >= 11 is 0. The number of benzene rings is 1. The van der Waals surface area contributed by atoms with Gasteiger partial charge in [-0.2, -0.15) is 0 Å². The Bertz CT molecular complexity index is 716. The van der Waals surface area contributed by atoms with Gasteiger partial charge < -0.3 is 4.74 Å². The maximum absolute atomic E-state index is 12.5. The van der Waals surface area contributed by atoms with E-state index < -0.39 is 0 Å². The number of pyridine rings is 1. The number of aromatic nitrogens is 1. The fraction of sp³-hybridized carbons (Fsp3) is 0.400. The topological polar surface area (TPSA) is 43.6 Å². The largest absolute Gasteiger partial charge is 0.367 e. The van der Waals surface area contributed by atoms with Crippen LogP contribution in [0.5, 0.6) is 0 Å². The molecule has 126 valence electrons. The van der Waals surface area contributed by atoms with Crippen LogP contribution in [0.15, 0.2) is 59.7 Å². The quantitative estimate of drug-likeness (QED) is 0.844. The zero-order valence-corrected chi connectivity index (χ0v) is 13.9. The lowest BCUT2D eigenvalue weighted by atomic mass is 9.96. The molecule has 1 aliphatic rings. The second-order valence-corrected chi connectivity index (χ2v) is 6.22. The minimum Gasteiger partial charge on any atom is -0.367 e. The molecule has 24 heavy (non-hydrogen) atoms. The van der Waals surface area contributed by atoms with Crippen LogP contribution in [0.2, 0.25) is 0 Å². The van der Waals surface area contributed by atoms with Crippen LogP contribution in [-0.4, -0.2) is 23.1 Å². The van der Waals surface area contributed by atoms with Crippen LogP contribution >= 0.6 is 0 Å². The summed E-state index contributed by atoms with van der Waals surface area (Å²) in [7, 11) is 0. The lowest BCUT2D eigenvalue weighted by molar-refractivity contribution is 0.0638. The maximum atomic E-state index is 12.5. The Balaban J connectivity index is 1.65. The molecule has 1 aliphatic carbocycles. The van der Waals surface area contributed by atoms with Crippen molar-refractivity contribution in [2.75, 3.05) is 6.61 Å². The van der Waals surface area contributed by atoms with E-state index in [0.29, 0.717) is 12.6 Å². The molecular weight excluding hydrogens is 300 g/mol. The normalized spacial score (nSPS) is 16.2. The third-order valence-corrected chi connectivity index (χ3v) is 4.33. The minimum atomic E-state index is -0.0823. The molecule has 2 aromatic rings. The Morgan fingerprint density at radius 2 is 1.79 bits per heavy atom. The zero-order valence-electron chi connectivity index (χ0n) is 13.9. The highest BCUT2D eigenvalue weighted by atomic mass is 16.5. The molecule has 1 heterocycles. The monoisotopic (exact) mass is 324 g/mol. The number of rotatable bonds is 5. The number of nitrogens with zero attached hydrogens (tertiary/aromatic N) is 2. The van der Waals surface area contributed by atoms with E-state index in [1.807, 2.05) is 48.5 Å². The standard InChI is InChI=1S/C20H24N2O2/c23-20(16-24-15-17-9-3-1-4-10-17)22-14-8-7-13-19(22)21-18-11-5-2-6-12-18/h1,3-4,7-10,13-14,18H,2,5-6,11-12,15-16H2. The second-order valence-electron chi connectivity index (χ2n) is 6.22. The molecule has 0 amide bonds. The highest BCUT2D eigenvalue weighted by Gasteiger charge is 2.12. The summed E-state index contributed by atoms with van der Waals surface area (Å²) in [5.41, 5.74) is 1.80. The fourth-order valence-electron chi connectivity index (χ4n) is 3.05. The summed E-state index contributed by atoms with van der Waals surface area (Å²) in [6.07, 6.45) is 7.77. The molecule has 4 heteroatoms. The molecular formula is C20H24N2O2. The fourth-order valence-corrected chi connectivity index (χ4v) is 3.05. The van der Waals surface area contributed by atoms with Crippen LogP contribution in [0.25, 0.3) is 0 Å². The second kappa shape index (κ2) is 8.60. The van der Waals surface area contributed by atoms with Gasteiger partial charge in [0, 0.05) is 6.20 Å². The van der Waals surface area contributed by atoms with Crippen LogP contribution in [0.4, 0.5) is 0 Å². The third-order valence-electron chi connectivity index (χ3n) is 4.33. The number of carbonyl (C=O) groups excluding carboxylic acids is 1. The average molecular weight is 324 g/mol. The molecule has 1 saturated carbocycles. The molecule has 0 radical (unpaired) electrons. The van der Waals surface area contributed by atoms with Crippen LogP contribution in [0.3, 0.4) is 0 Å². The van der Waals surface area contributed by atoms with Gasteiger partial charge in [0.15, 0.2) is 0 Å². The predicted octanol–water partition coefficient (Wildman–Crippen LogP) is 3.58. The number of ether oxygens (including phenoxy) is 1. The molecule has 1 fully saturated rings. The van der Waals surface area contributed by atoms with Gasteiger partial charge in [-0.15, -0.1) is 0 Å². The van der Waals surface area contributed by atoms with Gasteiger partial charge in [-0.25, -0.2) is 0 Å². The summed E-state index contributed by atoms with van der Waals surface area (Å²) in [5.74, 6) is -0.0823. The summed E-state index contributed by atoms with van der Waals surface area (Å²) in [6.45, 7) is 0.492. The molecule has 0 bridgehead atoms. The van der Waals surface area contributed by atoms with Gasteiger partial charge in [0.25, 0.3) is 5.91 Å². The van der Waals surface area contributed by atoms with Crippen molar-refractivity contribution in [3.63, 3.8) is 0 Å². The Morgan fingerprint density at radius 3 is 2.58 bits per heavy atom. The summed E-state index contributed by atoms with van der Waals surface area (Å²) in [4.78, 5) is 17.3. The Labute approximate surface area is 142 Å². The van der Waals surface area contributed by atoms with Gasteiger partial charge >= 0.3 is 0 Å². The summed E-state index contributed by atoms with van der Waals surface area (Å²) in [5, 5.41) is 0. The zero-order chi connectivity index (χ0) is 16.6. The Kier molecular flexibility index (Phi) is 5.96. The van der Waals surface area contributed by atoms with Gasteiger partial charge in [-0.1, -0.05) is 55.7 Å². The molecule has 0 spiro atoms. The van der Waals surface area contributed by atoms with E-state index in [9.17, 15) is 4.79 Å². The summed E-state index contributed by atoms with van der Waals surface area (Å²) in [6, 6.07) is 15.9. The SMILES string of the molecule is O=C(COCc1ccccc1)n1ccccc1=NC1CCCCC1. The van der Waals surface area contributed by atoms with E-state index in [0.717, 1.165) is 23.9 Å². The summed E-state index contributed by atoms with van der Waals surface area (Å²) < 4.78 is 7.18. The molecule has 3 rings (SSSR count). The van der Waals surface area contributed by atoms with Gasteiger partial charge in [-0.3, -0.25) is 14.4 Å². The van der Waals surface area contributed by atoms with Crippen molar-refractivity contribution in [2.45, 2.75) is 44.8 Å². The average Bonchev–Trinajstić information content (AvgIpc) is 2.64. The first kappa shape index (κ1) is 16.7. The van der Waals surface area contributed by atoms with Gasteiger partial charge in [0.1, 0.15) is 12.1 Å². The van der Waals surface area contributed by atoms with Gasteiger partial charge in [0.2, 0.25) is 0 Å². The minimum absolute atomic E-state index is 0.0523. The van der Waals surface area contributed by atoms with Crippen molar-refractivity contribution in [3.8, 4) is 0 Å². The van der Waals surface area contributed by atoms with Gasteiger partial charge in [-0.05, 0) is 30.5 Å². The van der Waals surface area contributed by atoms with E-state index in [4.69, 9.17) is 9.73 Å². The van der Waals surface area contributed by atoms with Crippen molar-refractivity contribution in [2.24, 2.45) is 4.99 Å². The number of hydrogen-bond donors (Lipinski definition) is 0. The number of carbonyl (C=O) groups is 1. The van der Waals surface area contributed by atoms with E-state index in [2.05, 4.69) is 0 Å². The van der Waals surface area contributed by atoms with Crippen molar-refractivity contribution in [3.05, 3.63) is 65.8 Å². The Morgan fingerprint density at radius 1 is 1.04 bits per heavy atom. The highest BCUT2D eigenvalue weighted by molar-refractivity contribution is 5.79. The van der Waals surface area contributed by atoms with Crippen molar-refractivity contribution >= 4 is 5.91 Å². The van der Waals surface area contributed by atoms with E-state index in [1.165, 1.54) is 19.3 Å². The molecule has 0 aliphatic heterocycles. The van der Waals surface area contributed by atoms with Gasteiger partial charge in [0.05, 0.1) is 12.6 Å². The first-order chi connectivity index (χ1) is 11.8. The van der Waals surface area contributed by atoms with Crippen molar-refractivity contribution < 1.29 is 9.53 Å². The van der Waals surface area contributed by atoms with Crippen LogP contribution in [0.1, 0.15) is 42.5 Å². The van der Waals surface area contributed by atoms with Crippen LogP contribution in [-0.2, 0) is 11.3 Å². The lowest BCUT2D eigenvalue weighted by Gasteiger charge is -2.17. The third kappa shape index (κ3) is 4.65. The first-order valence-electron chi connectivity index (χ1n) is 8.69. The predicted molar refractivity (Wildman–Crippen MR) is 93.6 cm³/mol. The first-order valence-corrected chi connectivity index (χ1v) is 8.69. The van der Waals surface area contributed by atoms with Crippen molar-refractivity contribution in [1.29, 1.82) is 0 Å². The molecule has 1 aromatic carbocycles. The van der Waals surface area contributed by atoms with E-state index in [-0.39, 0.29) is 12.5 Å². The molecule has 0 atom stereocenters.